The van der Waals surface area contributed by atoms with E-state index in [2.05, 4.69) is 0 Å². The third kappa shape index (κ3) is 3.24. The Labute approximate surface area is 98.4 Å². The Balaban J connectivity index is 2.81. The number of alkyl halides is 1. The lowest BCUT2D eigenvalue weighted by Crippen LogP contribution is -2.18. The molecule has 3 nitrogen and oxygen atoms in total. The van der Waals surface area contributed by atoms with Gasteiger partial charge in [-0.05, 0) is 24.1 Å². The molecule has 0 aliphatic heterocycles. The van der Waals surface area contributed by atoms with Crippen LogP contribution in [-0.4, -0.2) is 22.2 Å². The standard InChI is InChI=1S/C10H13Cl2NO2/c11-4-3-9(14)10(15)6-1-2-7(12)8(13)5-6/h1-2,5,9-10,14-15H,3-4,13H2. The van der Waals surface area contributed by atoms with E-state index in [9.17, 15) is 10.2 Å². The minimum atomic E-state index is -0.983. The van der Waals surface area contributed by atoms with Crippen molar-refractivity contribution in [2.45, 2.75) is 18.6 Å². The summed E-state index contributed by atoms with van der Waals surface area (Å²) in [7, 11) is 0. The Morgan fingerprint density at radius 2 is 2.00 bits per heavy atom. The Bertz CT molecular complexity index is 333. The van der Waals surface area contributed by atoms with Crippen LogP contribution in [0.25, 0.3) is 0 Å². The van der Waals surface area contributed by atoms with Crippen LogP contribution in [0.15, 0.2) is 18.2 Å². The summed E-state index contributed by atoms with van der Waals surface area (Å²) in [6, 6.07) is 4.76. The molecule has 0 aliphatic rings. The van der Waals surface area contributed by atoms with Crippen molar-refractivity contribution in [3.05, 3.63) is 28.8 Å². The maximum atomic E-state index is 9.73. The summed E-state index contributed by atoms with van der Waals surface area (Å²) in [5, 5.41) is 19.7. The van der Waals surface area contributed by atoms with E-state index in [-0.39, 0.29) is 0 Å². The number of hydrogen-bond donors (Lipinski definition) is 3. The van der Waals surface area contributed by atoms with Gasteiger partial charge in [0.2, 0.25) is 0 Å². The highest BCUT2D eigenvalue weighted by atomic mass is 35.5. The van der Waals surface area contributed by atoms with Gasteiger partial charge in [-0.1, -0.05) is 17.7 Å². The van der Waals surface area contributed by atoms with E-state index >= 15 is 0 Å². The molecule has 1 rings (SSSR count). The zero-order valence-electron chi connectivity index (χ0n) is 8.03. The third-order valence-corrected chi connectivity index (χ3v) is 2.69. The molecule has 1 aromatic rings. The molecule has 2 unspecified atom stereocenters. The van der Waals surface area contributed by atoms with Crippen molar-refractivity contribution in [1.29, 1.82) is 0 Å². The lowest BCUT2D eigenvalue weighted by atomic mass is 10.0. The van der Waals surface area contributed by atoms with Crippen molar-refractivity contribution >= 4 is 28.9 Å². The molecule has 2 atom stereocenters. The normalized spacial score (nSPS) is 14.9. The molecule has 0 aromatic heterocycles. The second-order valence-corrected chi connectivity index (χ2v) is 4.06. The van der Waals surface area contributed by atoms with Crippen LogP contribution < -0.4 is 5.73 Å². The van der Waals surface area contributed by atoms with E-state index in [0.717, 1.165) is 0 Å². The second-order valence-electron chi connectivity index (χ2n) is 3.27. The summed E-state index contributed by atoms with van der Waals surface area (Å²) in [5.74, 6) is 0.293. The van der Waals surface area contributed by atoms with Gasteiger partial charge in [0.15, 0.2) is 0 Å². The zero-order valence-corrected chi connectivity index (χ0v) is 9.54. The number of nitrogens with two attached hydrogens (primary N) is 1. The fourth-order valence-electron chi connectivity index (χ4n) is 1.24. The molecular formula is C10H13Cl2NO2. The smallest absolute Gasteiger partial charge is 0.105 e. The number of benzene rings is 1. The fraction of sp³-hybridized carbons (Fsp3) is 0.400. The van der Waals surface area contributed by atoms with Crippen LogP contribution in [-0.2, 0) is 0 Å². The van der Waals surface area contributed by atoms with Crippen LogP contribution in [0.2, 0.25) is 5.02 Å². The van der Waals surface area contributed by atoms with Crippen LogP contribution in [0.5, 0.6) is 0 Å². The Morgan fingerprint density at radius 1 is 1.33 bits per heavy atom. The molecule has 84 valence electrons. The average molecular weight is 250 g/mol. The van der Waals surface area contributed by atoms with Crippen LogP contribution in [0.4, 0.5) is 5.69 Å². The molecule has 0 bridgehead atoms. The number of nitrogen functional groups attached to an aromatic ring is 1. The first kappa shape index (κ1) is 12.6. The molecule has 15 heavy (non-hydrogen) atoms. The van der Waals surface area contributed by atoms with Gasteiger partial charge in [0, 0.05) is 5.88 Å². The monoisotopic (exact) mass is 249 g/mol. The fourth-order valence-corrected chi connectivity index (χ4v) is 1.58. The van der Waals surface area contributed by atoms with Gasteiger partial charge >= 0.3 is 0 Å². The first-order chi connectivity index (χ1) is 7.06. The van der Waals surface area contributed by atoms with E-state index in [4.69, 9.17) is 28.9 Å². The highest BCUT2D eigenvalue weighted by molar-refractivity contribution is 6.33. The Kier molecular flexibility index (Phi) is 4.67. The molecule has 0 radical (unpaired) electrons. The predicted octanol–water partition coefficient (Wildman–Crippen LogP) is 1.95. The highest BCUT2D eigenvalue weighted by Crippen LogP contribution is 2.25. The SMILES string of the molecule is Nc1cc(C(O)C(O)CCCl)ccc1Cl. The van der Waals surface area contributed by atoms with Crippen molar-refractivity contribution in [2.75, 3.05) is 11.6 Å². The van der Waals surface area contributed by atoms with Crippen LogP contribution in [0.1, 0.15) is 18.1 Å². The van der Waals surface area contributed by atoms with Gasteiger partial charge in [0.25, 0.3) is 0 Å². The first-order valence-corrected chi connectivity index (χ1v) is 5.44. The average Bonchev–Trinajstić information content (AvgIpc) is 2.21. The summed E-state index contributed by atoms with van der Waals surface area (Å²) >= 11 is 11.2. The molecule has 5 heteroatoms. The van der Waals surface area contributed by atoms with E-state index in [1.54, 1.807) is 18.2 Å². The van der Waals surface area contributed by atoms with Crippen LogP contribution in [0.3, 0.4) is 0 Å². The maximum absolute atomic E-state index is 9.73. The molecule has 0 aliphatic carbocycles. The Hall–Kier alpha value is -0.480. The molecular weight excluding hydrogens is 237 g/mol. The van der Waals surface area contributed by atoms with Crippen molar-refractivity contribution in [1.82, 2.24) is 0 Å². The highest BCUT2D eigenvalue weighted by Gasteiger charge is 2.18. The van der Waals surface area contributed by atoms with Crippen LogP contribution >= 0.6 is 23.2 Å². The minimum Gasteiger partial charge on any atom is -0.398 e. The van der Waals surface area contributed by atoms with E-state index in [0.29, 0.717) is 28.6 Å². The van der Waals surface area contributed by atoms with Crippen molar-refractivity contribution in [2.24, 2.45) is 0 Å². The largest absolute Gasteiger partial charge is 0.398 e. The van der Waals surface area contributed by atoms with Crippen molar-refractivity contribution in [3.63, 3.8) is 0 Å². The van der Waals surface area contributed by atoms with Gasteiger partial charge in [0.05, 0.1) is 16.8 Å². The predicted molar refractivity (Wildman–Crippen MR) is 62.2 cm³/mol. The number of aliphatic hydroxyl groups excluding tert-OH is 2. The third-order valence-electron chi connectivity index (χ3n) is 2.13. The maximum Gasteiger partial charge on any atom is 0.105 e. The molecule has 4 N–H and O–H groups in total. The van der Waals surface area contributed by atoms with E-state index < -0.39 is 12.2 Å². The molecule has 0 fully saturated rings. The summed E-state index contributed by atoms with van der Waals surface area (Å²) in [4.78, 5) is 0. The lowest BCUT2D eigenvalue weighted by molar-refractivity contribution is 0.0170. The van der Waals surface area contributed by atoms with Gasteiger partial charge in [-0.2, -0.15) is 0 Å². The number of rotatable bonds is 4. The van der Waals surface area contributed by atoms with Crippen LogP contribution in [0, 0.1) is 0 Å². The second kappa shape index (κ2) is 5.56. The Morgan fingerprint density at radius 3 is 2.53 bits per heavy atom. The number of anilines is 1. The number of halogens is 2. The minimum absolute atomic E-state index is 0.293. The molecule has 0 spiro atoms. The molecule has 0 heterocycles. The summed E-state index contributed by atoms with van der Waals surface area (Å²) in [6.45, 7) is 0. The lowest BCUT2D eigenvalue weighted by Gasteiger charge is -2.17. The summed E-state index contributed by atoms with van der Waals surface area (Å²) in [5.41, 5.74) is 6.50. The van der Waals surface area contributed by atoms with Gasteiger partial charge in [-0.15, -0.1) is 11.6 Å². The molecule has 0 saturated carbocycles. The topological polar surface area (TPSA) is 66.5 Å². The van der Waals surface area contributed by atoms with Gasteiger partial charge < -0.3 is 15.9 Å². The van der Waals surface area contributed by atoms with Gasteiger partial charge in [0.1, 0.15) is 6.10 Å². The van der Waals surface area contributed by atoms with Crippen molar-refractivity contribution in [3.8, 4) is 0 Å². The summed E-state index contributed by atoms with van der Waals surface area (Å²) < 4.78 is 0. The molecule has 0 amide bonds. The molecule has 1 aromatic carbocycles. The van der Waals surface area contributed by atoms with Gasteiger partial charge in [-0.25, -0.2) is 0 Å². The molecule has 0 saturated heterocycles. The summed E-state index contributed by atoms with van der Waals surface area (Å²) in [6.07, 6.45) is -1.54. The quantitative estimate of drug-likeness (QED) is 0.565. The number of hydrogen-bond acceptors (Lipinski definition) is 3. The zero-order chi connectivity index (χ0) is 11.4. The van der Waals surface area contributed by atoms with Gasteiger partial charge in [-0.3, -0.25) is 0 Å². The number of aliphatic hydroxyl groups is 2. The first-order valence-electron chi connectivity index (χ1n) is 4.53. The van der Waals surface area contributed by atoms with E-state index in [1.807, 2.05) is 0 Å². The van der Waals surface area contributed by atoms with E-state index in [1.165, 1.54) is 0 Å². The van der Waals surface area contributed by atoms with Crippen molar-refractivity contribution < 1.29 is 10.2 Å².